The fourth-order valence-corrected chi connectivity index (χ4v) is 2.33. The van der Waals surface area contributed by atoms with Crippen molar-refractivity contribution >= 4 is 12.0 Å². The largest absolute Gasteiger partial charge is 0.480 e. The van der Waals surface area contributed by atoms with E-state index in [1.807, 2.05) is 0 Å². The molecule has 2 saturated heterocycles. The highest BCUT2D eigenvalue weighted by atomic mass is 16.5. The van der Waals surface area contributed by atoms with Crippen LogP contribution in [0.25, 0.3) is 0 Å². The van der Waals surface area contributed by atoms with Crippen LogP contribution in [0.4, 0.5) is 4.79 Å². The van der Waals surface area contributed by atoms with Gasteiger partial charge in [-0.15, -0.1) is 0 Å². The summed E-state index contributed by atoms with van der Waals surface area (Å²) < 4.78 is 5.11. The first-order valence-corrected chi connectivity index (χ1v) is 5.95. The lowest BCUT2D eigenvalue weighted by Gasteiger charge is -2.35. The summed E-state index contributed by atoms with van der Waals surface area (Å²) in [5, 5.41) is 9.06. The standard InChI is InChI=1S/C11H18N2O4/c1-8-2-3-12(6-8)11(16)13-4-5-17-7-9(13)10(14)15/h8-9H,2-7H2,1H3,(H,14,15). The van der Waals surface area contributed by atoms with E-state index in [0.717, 1.165) is 19.5 Å². The van der Waals surface area contributed by atoms with Crippen LogP contribution in [-0.2, 0) is 9.53 Å². The van der Waals surface area contributed by atoms with Crippen molar-refractivity contribution in [2.45, 2.75) is 19.4 Å². The Balaban J connectivity index is 2.03. The van der Waals surface area contributed by atoms with Gasteiger partial charge in [0, 0.05) is 19.6 Å². The van der Waals surface area contributed by atoms with Crippen LogP contribution >= 0.6 is 0 Å². The minimum absolute atomic E-state index is 0.0878. The van der Waals surface area contributed by atoms with Crippen molar-refractivity contribution in [3.8, 4) is 0 Å². The summed E-state index contributed by atoms with van der Waals surface area (Å²) in [4.78, 5) is 26.4. The second-order valence-corrected chi connectivity index (χ2v) is 4.74. The summed E-state index contributed by atoms with van der Waals surface area (Å²) in [7, 11) is 0. The van der Waals surface area contributed by atoms with Gasteiger partial charge in [0.05, 0.1) is 13.2 Å². The molecule has 2 aliphatic rings. The molecule has 2 atom stereocenters. The molecule has 0 aliphatic carbocycles. The number of nitrogens with zero attached hydrogens (tertiary/aromatic N) is 2. The van der Waals surface area contributed by atoms with Gasteiger partial charge in [0.15, 0.2) is 6.04 Å². The molecule has 6 nitrogen and oxygen atoms in total. The predicted molar refractivity (Wildman–Crippen MR) is 59.7 cm³/mol. The van der Waals surface area contributed by atoms with Gasteiger partial charge in [-0.05, 0) is 12.3 Å². The lowest BCUT2D eigenvalue weighted by atomic mass is 10.2. The van der Waals surface area contributed by atoms with Gasteiger partial charge in [-0.1, -0.05) is 6.92 Å². The Labute approximate surface area is 100 Å². The van der Waals surface area contributed by atoms with Crippen LogP contribution in [0.15, 0.2) is 0 Å². The molecular formula is C11H18N2O4. The fourth-order valence-electron chi connectivity index (χ4n) is 2.33. The summed E-state index contributed by atoms with van der Waals surface area (Å²) >= 11 is 0. The first-order chi connectivity index (χ1) is 8.09. The summed E-state index contributed by atoms with van der Waals surface area (Å²) in [6, 6.07) is -1.00. The Morgan fingerprint density at radius 1 is 1.35 bits per heavy atom. The van der Waals surface area contributed by atoms with Crippen LogP contribution in [0.3, 0.4) is 0 Å². The number of carbonyl (C=O) groups is 2. The van der Waals surface area contributed by atoms with Gasteiger partial charge in [0.1, 0.15) is 0 Å². The van der Waals surface area contributed by atoms with Crippen molar-refractivity contribution < 1.29 is 19.4 Å². The molecule has 2 unspecified atom stereocenters. The van der Waals surface area contributed by atoms with Gasteiger partial charge in [-0.25, -0.2) is 9.59 Å². The third-order valence-corrected chi connectivity index (χ3v) is 3.35. The molecule has 2 fully saturated rings. The van der Waals surface area contributed by atoms with Crippen molar-refractivity contribution in [3.05, 3.63) is 0 Å². The maximum absolute atomic E-state index is 12.2. The maximum atomic E-state index is 12.2. The summed E-state index contributed by atoms with van der Waals surface area (Å²) in [6.45, 7) is 4.41. The maximum Gasteiger partial charge on any atom is 0.328 e. The van der Waals surface area contributed by atoms with E-state index < -0.39 is 12.0 Å². The van der Waals surface area contributed by atoms with E-state index in [2.05, 4.69) is 6.92 Å². The van der Waals surface area contributed by atoms with Gasteiger partial charge in [-0.2, -0.15) is 0 Å². The Kier molecular flexibility index (Phi) is 3.51. The Morgan fingerprint density at radius 3 is 2.71 bits per heavy atom. The average molecular weight is 242 g/mol. The number of morpholine rings is 1. The van der Waals surface area contributed by atoms with Crippen LogP contribution in [-0.4, -0.2) is 65.8 Å². The molecule has 0 aromatic rings. The third-order valence-electron chi connectivity index (χ3n) is 3.35. The molecule has 0 spiro atoms. The Bertz CT molecular complexity index is 321. The molecule has 0 bridgehead atoms. The molecular weight excluding hydrogens is 224 g/mol. The minimum Gasteiger partial charge on any atom is -0.480 e. The lowest BCUT2D eigenvalue weighted by molar-refractivity contribution is -0.147. The molecule has 0 aromatic carbocycles. The first-order valence-electron chi connectivity index (χ1n) is 5.95. The van der Waals surface area contributed by atoms with E-state index in [1.54, 1.807) is 4.90 Å². The molecule has 2 heterocycles. The van der Waals surface area contributed by atoms with Crippen LogP contribution in [0.2, 0.25) is 0 Å². The number of hydrogen-bond donors (Lipinski definition) is 1. The lowest BCUT2D eigenvalue weighted by Crippen LogP contribution is -2.56. The van der Waals surface area contributed by atoms with Crippen LogP contribution in [0.5, 0.6) is 0 Å². The third kappa shape index (κ3) is 2.52. The second kappa shape index (κ2) is 4.91. The highest BCUT2D eigenvalue weighted by Gasteiger charge is 2.36. The van der Waals surface area contributed by atoms with E-state index in [9.17, 15) is 9.59 Å². The number of hydrogen-bond acceptors (Lipinski definition) is 3. The molecule has 0 aromatic heterocycles. The van der Waals surface area contributed by atoms with Gasteiger partial charge >= 0.3 is 12.0 Å². The number of carboxylic acid groups (broad SMARTS) is 1. The summed E-state index contributed by atoms with van der Waals surface area (Å²) in [6.07, 6.45) is 0.994. The molecule has 0 radical (unpaired) electrons. The fraction of sp³-hybridized carbons (Fsp3) is 0.818. The van der Waals surface area contributed by atoms with Crippen molar-refractivity contribution in [1.82, 2.24) is 9.80 Å². The zero-order valence-corrected chi connectivity index (χ0v) is 9.96. The molecule has 96 valence electrons. The van der Waals surface area contributed by atoms with E-state index in [4.69, 9.17) is 9.84 Å². The summed E-state index contributed by atoms with van der Waals surface area (Å²) in [5.41, 5.74) is 0. The number of amides is 2. The van der Waals surface area contributed by atoms with Crippen molar-refractivity contribution in [2.75, 3.05) is 32.8 Å². The van der Waals surface area contributed by atoms with Crippen molar-refractivity contribution in [3.63, 3.8) is 0 Å². The zero-order chi connectivity index (χ0) is 12.4. The van der Waals surface area contributed by atoms with Crippen LogP contribution in [0, 0.1) is 5.92 Å². The number of ether oxygens (including phenoxy) is 1. The molecule has 2 amide bonds. The van der Waals surface area contributed by atoms with Gasteiger partial charge < -0.3 is 19.6 Å². The molecule has 2 rings (SSSR count). The highest BCUT2D eigenvalue weighted by molar-refractivity contribution is 5.83. The monoisotopic (exact) mass is 242 g/mol. The minimum atomic E-state index is -0.995. The van der Waals surface area contributed by atoms with Gasteiger partial charge in [-0.3, -0.25) is 0 Å². The second-order valence-electron chi connectivity index (χ2n) is 4.74. The molecule has 2 aliphatic heterocycles. The molecule has 17 heavy (non-hydrogen) atoms. The average Bonchev–Trinajstić information content (AvgIpc) is 2.75. The van der Waals surface area contributed by atoms with E-state index in [1.165, 1.54) is 4.90 Å². The number of rotatable bonds is 1. The Morgan fingerprint density at radius 2 is 2.12 bits per heavy atom. The van der Waals surface area contributed by atoms with Gasteiger partial charge in [0.25, 0.3) is 0 Å². The van der Waals surface area contributed by atoms with Crippen molar-refractivity contribution in [2.24, 2.45) is 5.92 Å². The predicted octanol–water partition coefficient (Wildman–Crippen LogP) is 0.234. The topological polar surface area (TPSA) is 70.1 Å². The number of carbonyl (C=O) groups excluding carboxylic acids is 1. The zero-order valence-electron chi connectivity index (χ0n) is 9.96. The molecule has 0 saturated carbocycles. The molecule has 6 heteroatoms. The van der Waals surface area contributed by atoms with Gasteiger partial charge in [0.2, 0.25) is 0 Å². The van der Waals surface area contributed by atoms with E-state index >= 15 is 0 Å². The Hall–Kier alpha value is -1.30. The normalized spacial score (nSPS) is 29.5. The quantitative estimate of drug-likeness (QED) is 0.714. The number of carboxylic acids is 1. The number of likely N-dealkylation sites (tertiary alicyclic amines) is 1. The van der Waals surface area contributed by atoms with Crippen LogP contribution < -0.4 is 0 Å². The van der Waals surface area contributed by atoms with Crippen molar-refractivity contribution in [1.29, 1.82) is 0 Å². The van der Waals surface area contributed by atoms with E-state index in [-0.39, 0.29) is 12.6 Å². The highest BCUT2D eigenvalue weighted by Crippen LogP contribution is 2.19. The van der Waals surface area contributed by atoms with Crippen LogP contribution in [0.1, 0.15) is 13.3 Å². The summed E-state index contributed by atoms with van der Waals surface area (Å²) in [5.74, 6) is -0.492. The number of aliphatic carboxylic acids is 1. The number of urea groups is 1. The SMILES string of the molecule is CC1CCN(C(=O)N2CCOCC2C(=O)O)C1. The smallest absolute Gasteiger partial charge is 0.328 e. The first kappa shape index (κ1) is 12.2. The van der Waals surface area contributed by atoms with E-state index in [0.29, 0.717) is 19.1 Å². The molecule has 1 N–H and O–H groups in total.